The van der Waals surface area contributed by atoms with Gasteiger partial charge in [-0.05, 0) is 62.1 Å². The highest BCUT2D eigenvalue weighted by Crippen LogP contribution is 2.47. The largest absolute Gasteiger partial charge is 0.493 e. The fourth-order valence-electron chi connectivity index (χ4n) is 8.96. The number of aliphatic carboxylic acids is 1. The van der Waals surface area contributed by atoms with Gasteiger partial charge in [0.25, 0.3) is 5.69 Å². The van der Waals surface area contributed by atoms with Crippen LogP contribution in [-0.4, -0.2) is 94.4 Å². The van der Waals surface area contributed by atoms with E-state index in [1.165, 1.54) is 31.2 Å². The summed E-state index contributed by atoms with van der Waals surface area (Å²) in [4.78, 5) is 56.3. The number of dihydropyridines is 1. The van der Waals surface area contributed by atoms with Gasteiger partial charge in [-0.2, -0.15) is 0 Å². The van der Waals surface area contributed by atoms with Crippen LogP contribution in [0.3, 0.4) is 0 Å². The molecule has 1 aliphatic heterocycles. The highest BCUT2D eigenvalue weighted by molar-refractivity contribution is 5.99. The normalized spacial score (nSPS) is 14.6. The van der Waals surface area contributed by atoms with E-state index in [2.05, 4.69) is 10.2 Å². The second kappa shape index (κ2) is 21.1. The predicted molar refractivity (Wildman–Crippen MR) is 250 cm³/mol. The molecule has 6 rings (SSSR count). The molecule has 1 amide bonds. The lowest BCUT2D eigenvalue weighted by molar-refractivity contribution is -0.384. The number of carboxylic acid groups (broad SMARTS) is 1. The number of hydrogen-bond donors (Lipinski definition) is 3. The number of nitro groups is 1. The van der Waals surface area contributed by atoms with Crippen molar-refractivity contribution >= 4 is 23.5 Å². The van der Waals surface area contributed by atoms with Crippen LogP contribution in [0.2, 0.25) is 0 Å². The van der Waals surface area contributed by atoms with Crippen molar-refractivity contribution in [2.24, 2.45) is 0 Å². The van der Waals surface area contributed by atoms with Crippen LogP contribution >= 0.6 is 0 Å². The fraction of sp³-hybridized carbons (Fsp3) is 0.288. The van der Waals surface area contributed by atoms with Crippen molar-refractivity contribution in [1.82, 2.24) is 15.1 Å². The number of hydrogen-bond acceptors (Lipinski definition) is 11. The van der Waals surface area contributed by atoms with Gasteiger partial charge in [0.1, 0.15) is 12.7 Å². The molecule has 0 aromatic heterocycles. The van der Waals surface area contributed by atoms with E-state index >= 15 is 0 Å². The van der Waals surface area contributed by atoms with E-state index in [4.69, 9.17) is 14.2 Å². The van der Waals surface area contributed by atoms with Gasteiger partial charge in [0.2, 0.25) is 5.91 Å². The van der Waals surface area contributed by atoms with Crippen molar-refractivity contribution in [3.63, 3.8) is 0 Å². The first-order chi connectivity index (χ1) is 31.6. The summed E-state index contributed by atoms with van der Waals surface area (Å²) >= 11 is 0. The van der Waals surface area contributed by atoms with Gasteiger partial charge in [-0.1, -0.05) is 115 Å². The number of non-ortho nitro benzene ring substituents is 1. The van der Waals surface area contributed by atoms with Gasteiger partial charge in [0.15, 0.2) is 11.5 Å². The van der Waals surface area contributed by atoms with Crippen molar-refractivity contribution in [2.45, 2.75) is 57.7 Å². The SMILES string of the molecule is CCOC(=O)C1=C(CN(CC(C)(C)N(CC(O)COc2ccccc2OC)C(c2ccccc2)(c2ccccc2)c2ccccc2)C(C)=O)NC(C)=C(C(=O)O)C1c1cccc([N+](=O)[O-])c1. The van der Waals surface area contributed by atoms with Crippen molar-refractivity contribution in [3.8, 4) is 11.5 Å². The number of rotatable bonds is 20. The average Bonchev–Trinajstić information content (AvgIpc) is 3.31. The van der Waals surface area contributed by atoms with E-state index in [-0.39, 0.29) is 72.5 Å². The number of β-amino-alcohol motifs (C(OH)–C–C–N with tert-alkyl or cyclic N) is 1. The number of para-hydroxylation sites is 2. The maximum atomic E-state index is 14.1. The Morgan fingerprint density at radius 1 is 0.818 bits per heavy atom. The molecule has 14 heteroatoms. The smallest absolute Gasteiger partial charge is 0.336 e. The van der Waals surface area contributed by atoms with Crippen molar-refractivity contribution in [2.75, 3.05) is 40.0 Å². The Morgan fingerprint density at radius 2 is 1.36 bits per heavy atom. The third-order valence-corrected chi connectivity index (χ3v) is 11.8. The molecule has 0 saturated heterocycles. The highest BCUT2D eigenvalue weighted by Gasteiger charge is 2.50. The molecule has 344 valence electrons. The van der Waals surface area contributed by atoms with Crippen LogP contribution in [0.4, 0.5) is 5.69 Å². The standard InChI is InChI=1S/C52H56N4O10/c1-7-65-50(61)48-43(53-35(2)46(49(59)60)47(48)37-20-19-27-41(30-37)56(62)63)32-54(36(3)57)34-51(4,5)55(31-42(58)33-66-45-29-18-17-28-44(45)64-6)52(38-21-11-8-12-22-38,39-23-13-9-14-24-39)40-25-15-10-16-26-40/h8-30,42,47,53,58H,7,31-34H2,1-6H3,(H,59,60). The number of carbonyl (C=O) groups excluding carboxylic acids is 2. The molecule has 2 unspecified atom stereocenters. The Labute approximate surface area is 384 Å². The van der Waals surface area contributed by atoms with E-state index in [9.17, 15) is 34.7 Å². The number of methoxy groups -OCH3 is 1. The van der Waals surface area contributed by atoms with Crippen LogP contribution in [0.1, 0.15) is 62.8 Å². The molecule has 0 aliphatic carbocycles. The molecule has 0 saturated carbocycles. The van der Waals surface area contributed by atoms with Gasteiger partial charge in [-0.3, -0.25) is 19.8 Å². The zero-order chi connectivity index (χ0) is 47.6. The number of amides is 1. The second-order valence-electron chi connectivity index (χ2n) is 16.6. The Bertz CT molecular complexity index is 2480. The maximum Gasteiger partial charge on any atom is 0.336 e. The van der Waals surface area contributed by atoms with Gasteiger partial charge >= 0.3 is 11.9 Å². The molecule has 0 fully saturated rings. The maximum absolute atomic E-state index is 14.1. The Hall–Kier alpha value is -7.29. The van der Waals surface area contributed by atoms with E-state index in [1.807, 2.05) is 117 Å². The molecular formula is C52H56N4O10. The molecular weight excluding hydrogens is 841 g/mol. The number of nitro benzene ring substituents is 1. The third-order valence-electron chi connectivity index (χ3n) is 11.8. The monoisotopic (exact) mass is 896 g/mol. The first-order valence-electron chi connectivity index (χ1n) is 21.6. The van der Waals surface area contributed by atoms with Crippen LogP contribution in [-0.2, 0) is 24.7 Å². The van der Waals surface area contributed by atoms with E-state index in [0.29, 0.717) is 11.5 Å². The molecule has 5 aromatic carbocycles. The minimum atomic E-state index is -1.34. The van der Waals surface area contributed by atoms with Gasteiger partial charge in [-0.25, -0.2) is 9.59 Å². The lowest BCUT2D eigenvalue weighted by Gasteiger charge is -2.54. The predicted octanol–water partition coefficient (Wildman–Crippen LogP) is 7.83. The van der Waals surface area contributed by atoms with Crippen molar-refractivity contribution < 1.29 is 43.7 Å². The zero-order valence-corrected chi connectivity index (χ0v) is 38.0. The van der Waals surface area contributed by atoms with Crippen LogP contribution < -0.4 is 14.8 Å². The van der Waals surface area contributed by atoms with E-state index in [0.717, 1.165) is 16.7 Å². The first kappa shape index (κ1) is 48.2. The average molecular weight is 897 g/mol. The Kier molecular flexibility index (Phi) is 15.4. The molecule has 66 heavy (non-hydrogen) atoms. The van der Waals surface area contributed by atoms with Crippen LogP contribution in [0.15, 0.2) is 162 Å². The third kappa shape index (κ3) is 10.3. The summed E-state index contributed by atoms with van der Waals surface area (Å²) in [6.45, 7) is 8.17. The van der Waals surface area contributed by atoms with Crippen LogP contribution in [0, 0.1) is 10.1 Å². The number of carboxylic acids is 1. The first-order valence-corrected chi connectivity index (χ1v) is 21.6. The number of nitrogens with zero attached hydrogens (tertiary/aromatic N) is 3. The Morgan fingerprint density at radius 3 is 1.86 bits per heavy atom. The quantitative estimate of drug-likeness (QED) is 0.0299. The van der Waals surface area contributed by atoms with Crippen molar-refractivity contribution in [3.05, 3.63) is 194 Å². The lowest BCUT2D eigenvalue weighted by atomic mass is 9.73. The molecule has 1 heterocycles. The minimum Gasteiger partial charge on any atom is -0.493 e. The summed E-state index contributed by atoms with van der Waals surface area (Å²) in [5.41, 5.74) is 0.449. The number of allylic oxidation sites excluding steroid dienone is 1. The highest BCUT2D eigenvalue weighted by atomic mass is 16.6. The van der Waals surface area contributed by atoms with Gasteiger partial charge in [-0.15, -0.1) is 0 Å². The van der Waals surface area contributed by atoms with Gasteiger partial charge in [0.05, 0.1) is 47.8 Å². The molecule has 1 aliphatic rings. The van der Waals surface area contributed by atoms with Crippen LogP contribution in [0.25, 0.3) is 0 Å². The number of aliphatic hydroxyl groups is 1. The van der Waals surface area contributed by atoms with E-state index in [1.54, 1.807) is 38.0 Å². The molecule has 0 bridgehead atoms. The number of ether oxygens (including phenoxy) is 3. The number of esters is 1. The van der Waals surface area contributed by atoms with Crippen LogP contribution in [0.5, 0.6) is 11.5 Å². The number of nitrogens with one attached hydrogen (secondary N) is 1. The molecule has 3 N–H and O–H groups in total. The van der Waals surface area contributed by atoms with Crippen molar-refractivity contribution in [1.29, 1.82) is 0 Å². The molecule has 14 nitrogen and oxygen atoms in total. The second-order valence-corrected chi connectivity index (χ2v) is 16.6. The summed E-state index contributed by atoms with van der Waals surface area (Å²) < 4.78 is 17.3. The fourth-order valence-corrected chi connectivity index (χ4v) is 8.96. The summed E-state index contributed by atoms with van der Waals surface area (Å²) in [5.74, 6) is -2.89. The Balaban J connectivity index is 1.53. The zero-order valence-electron chi connectivity index (χ0n) is 38.0. The summed E-state index contributed by atoms with van der Waals surface area (Å²) in [5, 5.41) is 37.8. The summed E-state index contributed by atoms with van der Waals surface area (Å²) in [6, 6.07) is 42.4. The van der Waals surface area contributed by atoms with Gasteiger partial charge in [0, 0.05) is 49.1 Å². The van der Waals surface area contributed by atoms with E-state index < -0.39 is 40.0 Å². The number of carbonyl (C=O) groups is 3. The summed E-state index contributed by atoms with van der Waals surface area (Å²) in [7, 11) is 1.54. The molecule has 0 radical (unpaired) electrons. The molecule has 5 aromatic rings. The lowest BCUT2D eigenvalue weighted by Crippen LogP contribution is -2.63. The number of aliphatic hydroxyl groups excluding tert-OH is 1. The topological polar surface area (TPSA) is 181 Å². The molecule has 0 spiro atoms. The molecule has 2 atom stereocenters. The number of benzene rings is 5. The summed E-state index contributed by atoms with van der Waals surface area (Å²) in [6.07, 6.45) is -1.11. The minimum absolute atomic E-state index is 0.00792. The van der Waals surface area contributed by atoms with Gasteiger partial charge < -0.3 is 34.6 Å².